The summed E-state index contributed by atoms with van der Waals surface area (Å²) in [6.45, 7) is 3.66. The molecule has 6 heteroatoms. The van der Waals surface area contributed by atoms with Gasteiger partial charge in [0, 0.05) is 24.5 Å². The number of para-hydroxylation sites is 1. The lowest BCUT2D eigenvalue weighted by Gasteiger charge is -2.33. The van der Waals surface area contributed by atoms with E-state index in [-0.39, 0.29) is 6.04 Å². The molecule has 0 spiro atoms. The van der Waals surface area contributed by atoms with Crippen LogP contribution in [0, 0.1) is 6.92 Å². The molecule has 1 atom stereocenters. The normalized spacial score (nSPS) is 19.5. The van der Waals surface area contributed by atoms with E-state index >= 15 is 0 Å². The standard InChI is InChI=1S/C16H21N3O2S/c1-12-10-16(17-15-8-4-3-7-14(12)15)19-9-5-6-13(11-19)18-22(2,20)21/h3-4,7-8,10,13,18H,5-6,9,11H2,1-2H3. The molecule has 118 valence electrons. The molecular weight excluding hydrogens is 298 g/mol. The smallest absolute Gasteiger partial charge is 0.209 e. The first-order chi connectivity index (χ1) is 10.4. The van der Waals surface area contributed by atoms with Gasteiger partial charge in [0.15, 0.2) is 0 Å². The maximum absolute atomic E-state index is 11.4. The number of sulfonamides is 1. The molecular formula is C16H21N3O2S. The number of benzene rings is 1. The van der Waals surface area contributed by atoms with Crippen molar-refractivity contribution in [1.29, 1.82) is 0 Å². The van der Waals surface area contributed by atoms with E-state index < -0.39 is 10.0 Å². The predicted octanol–water partition coefficient (Wildman–Crippen LogP) is 2.06. The van der Waals surface area contributed by atoms with Gasteiger partial charge in [-0.3, -0.25) is 0 Å². The highest BCUT2D eigenvalue weighted by Crippen LogP contribution is 2.24. The first-order valence-electron chi connectivity index (χ1n) is 7.51. The van der Waals surface area contributed by atoms with Gasteiger partial charge < -0.3 is 4.90 Å². The van der Waals surface area contributed by atoms with Crippen molar-refractivity contribution in [1.82, 2.24) is 9.71 Å². The minimum Gasteiger partial charge on any atom is -0.355 e. The van der Waals surface area contributed by atoms with Crippen LogP contribution in [0.1, 0.15) is 18.4 Å². The second-order valence-corrected chi connectivity index (χ2v) is 7.77. The van der Waals surface area contributed by atoms with E-state index in [2.05, 4.69) is 28.7 Å². The first kappa shape index (κ1) is 15.2. The molecule has 1 aliphatic rings. The Balaban J connectivity index is 1.87. The lowest BCUT2D eigenvalue weighted by molar-refractivity contribution is 0.466. The van der Waals surface area contributed by atoms with Gasteiger partial charge in [-0.05, 0) is 37.5 Å². The lowest BCUT2D eigenvalue weighted by Crippen LogP contribution is -2.47. The zero-order chi connectivity index (χ0) is 15.7. The summed E-state index contributed by atoms with van der Waals surface area (Å²) in [7, 11) is -3.17. The van der Waals surface area contributed by atoms with Gasteiger partial charge >= 0.3 is 0 Å². The van der Waals surface area contributed by atoms with Crippen LogP contribution in [0.5, 0.6) is 0 Å². The Hall–Kier alpha value is -1.66. The molecule has 1 N–H and O–H groups in total. The van der Waals surface area contributed by atoms with Crippen molar-refractivity contribution in [3.8, 4) is 0 Å². The second-order valence-electron chi connectivity index (χ2n) is 5.99. The average molecular weight is 319 g/mol. The van der Waals surface area contributed by atoms with E-state index in [4.69, 9.17) is 4.98 Å². The minimum absolute atomic E-state index is 0.0441. The number of nitrogens with one attached hydrogen (secondary N) is 1. The van der Waals surface area contributed by atoms with Gasteiger partial charge in [-0.15, -0.1) is 0 Å². The van der Waals surface area contributed by atoms with Crippen LogP contribution >= 0.6 is 0 Å². The molecule has 0 bridgehead atoms. The van der Waals surface area contributed by atoms with Crippen molar-refractivity contribution in [3.05, 3.63) is 35.9 Å². The highest BCUT2D eigenvalue weighted by atomic mass is 32.2. The van der Waals surface area contributed by atoms with E-state index in [9.17, 15) is 8.42 Å². The zero-order valence-corrected chi connectivity index (χ0v) is 13.7. The van der Waals surface area contributed by atoms with Crippen LogP contribution < -0.4 is 9.62 Å². The highest BCUT2D eigenvalue weighted by molar-refractivity contribution is 7.88. The molecule has 1 aliphatic heterocycles. The van der Waals surface area contributed by atoms with Crippen LogP contribution in [0.15, 0.2) is 30.3 Å². The third-order valence-electron chi connectivity index (χ3n) is 4.04. The molecule has 1 aromatic heterocycles. The molecule has 2 heterocycles. The van der Waals surface area contributed by atoms with Crippen molar-refractivity contribution in [3.63, 3.8) is 0 Å². The summed E-state index contributed by atoms with van der Waals surface area (Å²) in [5.74, 6) is 0.927. The van der Waals surface area contributed by atoms with Crippen LogP contribution in [0.2, 0.25) is 0 Å². The molecule has 5 nitrogen and oxygen atoms in total. The average Bonchev–Trinajstić information content (AvgIpc) is 2.46. The molecule has 1 unspecified atom stereocenters. The lowest BCUT2D eigenvalue weighted by atomic mass is 10.1. The third-order valence-corrected chi connectivity index (χ3v) is 4.80. The van der Waals surface area contributed by atoms with E-state index in [1.165, 1.54) is 11.8 Å². The van der Waals surface area contributed by atoms with Crippen molar-refractivity contribution >= 4 is 26.7 Å². The number of piperidine rings is 1. The highest BCUT2D eigenvalue weighted by Gasteiger charge is 2.23. The van der Waals surface area contributed by atoms with Gasteiger partial charge in [-0.2, -0.15) is 0 Å². The maximum atomic E-state index is 11.4. The second kappa shape index (κ2) is 5.85. The fraction of sp³-hybridized carbons (Fsp3) is 0.438. The molecule has 22 heavy (non-hydrogen) atoms. The van der Waals surface area contributed by atoms with E-state index in [1.54, 1.807) is 0 Å². The summed E-state index contributed by atoms with van der Waals surface area (Å²) < 4.78 is 25.6. The summed E-state index contributed by atoms with van der Waals surface area (Å²) in [4.78, 5) is 6.91. The number of hydrogen-bond acceptors (Lipinski definition) is 4. The largest absolute Gasteiger partial charge is 0.355 e. The number of aromatic nitrogens is 1. The number of hydrogen-bond donors (Lipinski definition) is 1. The van der Waals surface area contributed by atoms with E-state index in [0.717, 1.165) is 36.1 Å². The number of rotatable bonds is 3. The maximum Gasteiger partial charge on any atom is 0.209 e. The van der Waals surface area contributed by atoms with E-state index in [1.807, 2.05) is 18.2 Å². The fourth-order valence-corrected chi connectivity index (χ4v) is 3.88. The van der Waals surface area contributed by atoms with Crippen LogP contribution in [0.3, 0.4) is 0 Å². The zero-order valence-electron chi connectivity index (χ0n) is 12.9. The molecule has 0 aliphatic carbocycles. The van der Waals surface area contributed by atoms with Crippen molar-refractivity contribution in [2.75, 3.05) is 24.2 Å². The summed E-state index contributed by atoms with van der Waals surface area (Å²) in [6, 6.07) is 10.1. The minimum atomic E-state index is -3.17. The number of fused-ring (bicyclic) bond motifs is 1. The van der Waals surface area contributed by atoms with Gasteiger partial charge in [0.2, 0.25) is 10.0 Å². The first-order valence-corrected chi connectivity index (χ1v) is 9.40. The molecule has 0 radical (unpaired) electrons. The molecule has 3 rings (SSSR count). The van der Waals surface area contributed by atoms with E-state index in [0.29, 0.717) is 6.54 Å². The van der Waals surface area contributed by atoms with Crippen molar-refractivity contribution < 1.29 is 8.42 Å². The van der Waals surface area contributed by atoms with Crippen LogP contribution in [-0.2, 0) is 10.0 Å². The molecule has 2 aromatic rings. The number of anilines is 1. The monoisotopic (exact) mass is 319 g/mol. The van der Waals surface area contributed by atoms with Crippen LogP contribution in [-0.4, -0.2) is 38.8 Å². The molecule has 1 saturated heterocycles. The Kier molecular flexibility index (Phi) is 4.06. The van der Waals surface area contributed by atoms with Crippen molar-refractivity contribution in [2.45, 2.75) is 25.8 Å². The van der Waals surface area contributed by atoms with Crippen LogP contribution in [0.25, 0.3) is 10.9 Å². The molecule has 0 saturated carbocycles. The Morgan fingerprint density at radius 1 is 1.32 bits per heavy atom. The Bertz CT molecular complexity index is 789. The molecule has 1 aromatic carbocycles. The SMILES string of the molecule is Cc1cc(N2CCCC(NS(C)(=O)=O)C2)nc2ccccc12. The topological polar surface area (TPSA) is 62.3 Å². The summed E-state index contributed by atoms with van der Waals surface area (Å²) in [5, 5.41) is 1.16. The van der Waals surface area contributed by atoms with Gasteiger partial charge in [0.05, 0.1) is 11.8 Å². The van der Waals surface area contributed by atoms with Crippen LogP contribution in [0.4, 0.5) is 5.82 Å². The van der Waals surface area contributed by atoms with Gasteiger partial charge in [-0.1, -0.05) is 18.2 Å². The van der Waals surface area contributed by atoms with Gasteiger partial charge in [0.1, 0.15) is 5.82 Å². The number of aryl methyl sites for hydroxylation is 1. The van der Waals surface area contributed by atoms with Crippen molar-refractivity contribution in [2.24, 2.45) is 0 Å². The summed E-state index contributed by atoms with van der Waals surface area (Å²) in [5.41, 5.74) is 2.18. The molecule has 1 fully saturated rings. The predicted molar refractivity (Wildman–Crippen MR) is 89.7 cm³/mol. The molecule has 0 amide bonds. The fourth-order valence-electron chi connectivity index (χ4n) is 3.08. The van der Waals surface area contributed by atoms with Gasteiger partial charge in [0.25, 0.3) is 0 Å². The summed E-state index contributed by atoms with van der Waals surface area (Å²) >= 11 is 0. The summed E-state index contributed by atoms with van der Waals surface area (Å²) in [6.07, 6.45) is 3.04. The Morgan fingerprint density at radius 3 is 2.86 bits per heavy atom. The third kappa shape index (κ3) is 3.39. The number of pyridine rings is 1. The Labute approximate surface area is 131 Å². The van der Waals surface area contributed by atoms with Gasteiger partial charge in [-0.25, -0.2) is 18.1 Å². The quantitative estimate of drug-likeness (QED) is 0.940. The Morgan fingerprint density at radius 2 is 2.09 bits per heavy atom. The number of nitrogens with zero attached hydrogens (tertiary/aromatic N) is 2.